The molecule has 92 valence electrons. The van der Waals surface area contributed by atoms with Gasteiger partial charge in [-0.05, 0) is 57.0 Å². The zero-order valence-electron chi connectivity index (χ0n) is 10.6. The summed E-state index contributed by atoms with van der Waals surface area (Å²) >= 11 is 3.42. The van der Waals surface area contributed by atoms with Crippen molar-refractivity contribution in [2.45, 2.75) is 33.3 Å². The monoisotopic (exact) mass is 296 g/mol. The third kappa shape index (κ3) is 5.68. The largest absolute Gasteiger partial charge is 0.457 e. The SMILES string of the molecule is Cc1cc(Br)cc(/C=C/C(=O)OC(C)(C)C)c1. The molecule has 0 spiro atoms. The molecule has 0 N–H and O–H groups in total. The standard InChI is InChI=1S/C14H17BrO2/c1-10-7-11(9-12(15)8-10)5-6-13(16)17-14(2,3)4/h5-9H,1-4H3/b6-5+. The van der Waals surface area contributed by atoms with Crippen molar-refractivity contribution in [3.63, 3.8) is 0 Å². The van der Waals surface area contributed by atoms with Crippen molar-refractivity contribution in [1.82, 2.24) is 0 Å². The van der Waals surface area contributed by atoms with Gasteiger partial charge in [0.2, 0.25) is 0 Å². The van der Waals surface area contributed by atoms with Crippen molar-refractivity contribution >= 4 is 28.0 Å². The molecule has 0 radical (unpaired) electrons. The minimum absolute atomic E-state index is 0.324. The first-order chi connectivity index (χ1) is 7.76. The average Bonchev–Trinajstić information content (AvgIpc) is 2.10. The smallest absolute Gasteiger partial charge is 0.331 e. The lowest BCUT2D eigenvalue weighted by atomic mass is 10.1. The number of aryl methyl sites for hydroxylation is 1. The summed E-state index contributed by atoms with van der Waals surface area (Å²) in [5, 5.41) is 0. The van der Waals surface area contributed by atoms with Crippen molar-refractivity contribution in [3.05, 3.63) is 39.9 Å². The highest BCUT2D eigenvalue weighted by Crippen LogP contribution is 2.16. The molecule has 1 aromatic rings. The number of hydrogen-bond donors (Lipinski definition) is 0. The normalized spacial score (nSPS) is 11.8. The van der Waals surface area contributed by atoms with Crippen molar-refractivity contribution in [2.75, 3.05) is 0 Å². The van der Waals surface area contributed by atoms with E-state index in [9.17, 15) is 4.79 Å². The molecule has 0 aliphatic rings. The number of hydrogen-bond acceptors (Lipinski definition) is 2. The highest BCUT2D eigenvalue weighted by atomic mass is 79.9. The highest BCUT2D eigenvalue weighted by molar-refractivity contribution is 9.10. The predicted octanol–water partition coefficient (Wildman–Crippen LogP) is 4.11. The van der Waals surface area contributed by atoms with Gasteiger partial charge in [-0.2, -0.15) is 0 Å². The molecule has 0 saturated heterocycles. The van der Waals surface area contributed by atoms with Gasteiger partial charge in [-0.3, -0.25) is 0 Å². The Bertz CT molecular complexity index is 422. The van der Waals surface area contributed by atoms with Crippen molar-refractivity contribution in [3.8, 4) is 0 Å². The van der Waals surface area contributed by atoms with Crippen LogP contribution in [0.5, 0.6) is 0 Å². The first kappa shape index (κ1) is 14.0. The maximum absolute atomic E-state index is 11.5. The van der Waals surface area contributed by atoms with Crippen molar-refractivity contribution in [1.29, 1.82) is 0 Å². The maximum atomic E-state index is 11.5. The number of ether oxygens (including phenoxy) is 1. The van der Waals surface area contributed by atoms with E-state index in [2.05, 4.69) is 15.9 Å². The number of rotatable bonds is 2. The van der Waals surface area contributed by atoms with Gasteiger partial charge in [0.05, 0.1) is 0 Å². The minimum atomic E-state index is -0.450. The lowest BCUT2D eigenvalue weighted by Crippen LogP contribution is -2.22. The van der Waals surface area contributed by atoms with E-state index in [4.69, 9.17) is 4.74 Å². The third-order valence-corrected chi connectivity index (χ3v) is 2.34. The van der Waals surface area contributed by atoms with Crippen molar-refractivity contribution in [2.24, 2.45) is 0 Å². The molecule has 17 heavy (non-hydrogen) atoms. The Balaban J connectivity index is 2.74. The molecule has 0 amide bonds. The van der Waals surface area contributed by atoms with E-state index in [1.807, 2.05) is 45.9 Å². The van der Waals surface area contributed by atoms with Gasteiger partial charge in [-0.15, -0.1) is 0 Å². The van der Waals surface area contributed by atoms with Crippen LogP contribution in [0.4, 0.5) is 0 Å². The van der Waals surface area contributed by atoms with Crippen LogP contribution in [-0.2, 0) is 9.53 Å². The first-order valence-corrected chi connectivity index (χ1v) is 6.24. The second-order valence-electron chi connectivity index (χ2n) is 4.93. The third-order valence-electron chi connectivity index (χ3n) is 1.88. The topological polar surface area (TPSA) is 26.3 Å². The summed E-state index contributed by atoms with van der Waals surface area (Å²) in [6.07, 6.45) is 3.21. The van der Waals surface area contributed by atoms with E-state index in [0.717, 1.165) is 15.6 Å². The van der Waals surface area contributed by atoms with Gasteiger partial charge in [-0.25, -0.2) is 4.79 Å². The van der Waals surface area contributed by atoms with E-state index in [-0.39, 0.29) is 5.97 Å². The molecule has 0 aromatic heterocycles. The van der Waals surface area contributed by atoms with Gasteiger partial charge < -0.3 is 4.74 Å². The summed E-state index contributed by atoms with van der Waals surface area (Å²) in [4.78, 5) is 11.5. The summed E-state index contributed by atoms with van der Waals surface area (Å²) in [5.41, 5.74) is 1.67. The molecule has 0 aliphatic heterocycles. The van der Waals surface area contributed by atoms with Crippen LogP contribution in [0, 0.1) is 6.92 Å². The summed E-state index contributed by atoms with van der Waals surface area (Å²) in [5.74, 6) is -0.324. The maximum Gasteiger partial charge on any atom is 0.331 e. The lowest BCUT2D eigenvalue weighted by molar-refractivity contribution is -0.148. The molecule has 0 saturated carbocycles. The van der Waals surface area contributed by atoms with Crippen LogP contribution in [0.2, 0.25) is 0 Å². The molecular formula is C14H17BrO2. The fraction of sp³-hybridized carbons (Fsp3) is 0.357. The van der Waals surface area contributed by atoms with Crippen LogP contribution >= 0.6 is 15.9 Å². The number of halogens is 1. The minimum Gasteiger partial charge on any atom is -0.457 e. The number of benzene rings is 1. The summed E-state index contributed by atoms with van der Waals surface area (Å²) in [7, 11) is 0. The molecule has 0 unspecified atom stereocenters. The molecule has 1 rings (SSSR count). The van der Waals surface area contributed by atoms with Gasteiger partial charge in [0.1, 0.15) is 5.60 Å². The van der Waals surface area contributed by atoms with Crippen LogP contribution in [0.15, 0.2) is 28.7 Å². The molecule has 0 heterocycles. The van der Waals surface area contributed by atoms with E-state index < -0.39 is 5.60 Å². The van der Waals surface area contributed by atoms with E-state index in [1.165, 1.54) is 6.08 Å². The second kappa shape index (κ2) is 5.50. The molecule has 1 aromatic carbocycles. The number of carbonyl (C=O) groups excluding carboxylic acids is 1. The van der Waals surface area contributed by atoms with E-state index >= 15 is 0 Å². The molecule has 0 bridgehead atoms. The molecule has 2 nitrogen and oxygen atoms in total. The average molecular weight is 297 g/mol. The first-order valence-electron chi connectivity index (χ1n) is 5.44. The quantitative estimate of drug-likeness (QED) is 0.606. The zero-order valence-corrected chi connectivity index (χ0v) is 12.2. The van der Waals surface area contributed by atoms with Crippen LogP contribution < -0.4 is 0 Å². The lowest BCUT2D eigenvalue weighted by Gasteiger charge is -2.17. The van der Waals surface area contributed by atoms with Gasteiger partial charge in [0.25, 0.3) is 0 Å². The Hall–Kier alpha value is -1.09. The summed E-state index contributed by atoms with van der Waals surface area (Å²) in [6.45, 7) is 7.56. The van der Waals surface area contributed by atoms with Gasteiger partial charge in [0.15, 0.2) is 0 Å². The van der Waals surface area contributed by atoms with Crippen LogP contribution in [-0.4, -0.2) is 11.6 Å². The predicted molar refractivity (Wildman–Crippen MR) is 73.8 cm³/mol. The summed E-state index contributed by atoms with van der Waals surface area (Å²) in [6, 6.07) is 5.98. The van der Waals surface area contributed by atoms with Crippen molar-refractivity contribution < 1.29 is 9.53 Å². The fourth-order valence-corrected chi connectivity index (χ4v) is 1.99. The Morgan fingerprint density at radius 2 is 1.94 bits per heavy atom. The fourth-order valence-electron chi connectivity index (χ4n) is 1.36. The zero-order chi connectivity index (χ0) is 13.1. The van der Waals surface area contributed by atoms with Gasteiger partial charge in [-0.1, -0.05) is 22.0 Å². The molecular weight excluding hydrogens is 280 g/mol. The van der Waals surface area contributed by atoms with Crippen LogP contribution in [0.25, 0.3) is 6.08 Å². The Labute approximate surface area is 111 Å². The number of carbonyl (C=O) groups is 1. The van der Waals surface area contributed by atoms with Gasteiger partial charge >= 0.3 is 5.97 Å². The Morgan fingerprint density at radius 1 is 1.29 bits per heavy atom. The Morgan fingerprint density at radius 3 is 2.47 bits per heavy atom. The summed E-state index contributed by atoms with van der Waals surface area (Å²) < 4.78 is 6.18. The highest BCUT2D eigenvalue weighted by Gasteiger charge is 2.13. The Kier molecular flexibility index (Phi) is 4.52. The van der Waals surface area contributed by atoms with Gasteiger partial charge in [0, 0.05) is 10.5 Å². The molecule has 0 aliphatic carbocycles. The number of esters is 1. The van der Waals surface area contributed by atoms with Crippen LogP contribution in [0.3, 0.4) is 0 Å². The van der Waals surface area contributed by atoms with Crippen LogP contribution in [0.1, 0.15) is 31.9 Å². The molecule has 0 fully saturated rings. The second-order valence-corrected chi connectivity index (χ2v) is 5.84. The van der Waals surface area contributed by atoms with E-state index in [0.29, 0.717) is 0 Å². The molecule has 3 heteroatoms. The molecule has 0 atom stereocenters. The van der Waals surface area contributed by atoms with E-state index in [1.54, 1.807) is 6.08 Å².